The SMILES string of the molecule is CC/C=C\C/C=C\C/C=C\C/C=C\C/C=C\C/C=C\CCCCCCCCCCCCC(=O)OCC(COC(=O)CC/C=C\C/C=C\C/C=C\C/C=C\CC)OC(=O)CCCCCCC/C=C\C/C=C\C/C=C\CC. The van der Waals surface area contributed by atoms with Crippen LogP contribution in [0, 0.1) is 0 Å². The molecule has 0 saturated heterocycles. The lowest BCUT2D eigenvalue weighted by Gasteiger charge is -2.18. The quantitative estimate of drug-likeness (QED) is 0.0261. The molecule has 0 radical (unpaired) electrons. The molecule has 0 aromatic rings. The van der Waals surface area contributed by atoms with Crippen LogP contribution in [0.15, 0.2) is 158 Å². The fraction of sp³-hybridized carbons (Fsp3) is 0.580. The molecule has 0 rings (SSSR count). The smallest absolute Gasteiger partial charge is 0.306 e. The number of unbranched alkanes of at least 4 members (excludes halogenated alkanes) is 15. The average molecular weight is 1030 g/mol. The number of hydrogen-bond acceptors (Lipinski definition) is 6. The van der Waals surface area contributed by atoms with Gasteiger partial charge in [-0.2, -0.15) is 0 Å². The van der Waals surface area contributed by atoms with Crippen LogP contribution < -0.4 is 0 Å². The van der Waals surface area contributed by atoms with E-state index in [1.165, 1.54) is 44.9 Å². The Hall–Kier alpha value is -4.97. The fourth-order valence-electron chi connectivity index (χ4n) is 7.65. The minimum absolute atomic E-state index is 0.116. The molecule has 0 fully saturated rings. The zero-order valence-corrected chi connectivity index (χ0v) is 48.0. The molecule has 0 amide bonds. The molecule has 6 heteroatoms. The molecule has 0 N–H and O–H groups in total. The second-order valence-corrected chi connectivity index (χ2v) is 19.1. The summed E-state index contributed by atoms with van der Waals surface area (Å²) in [5, 5.41) is 0. The molecule has 0 aliphatic carbocycles. The Morgan fingerprint density at radius 2 is 0.507 bits per heavy atom. The molecule has 0 aromatic carbocycles. The van der Waals surface area contributed by atoms with E-state index in [0.717, 1.165) is 148 Å². The monoisotopic (exact) mass is 1030 g/mol. The normalized spacial score (nSPS) is 13.3. The maximum Gasteiger partial charge on any atom is 0.306 e. The molecule has 75 heavy (non-hydrogen) atoms. The van der Waals surface area contributed by atoms with Gasteiger partial charge in [0.15, 0.2) is 6.10 Å². The van der Waals surface area contributed by atoms with Gasteiger partial charge in [-0.3, -0.25) is 14.4 Å². The predicted molar refractivity (Wildman–Crippen MR) is 325 cm³/mol. The number of allylic oxidation sites excluding steroid dienone is 26. The molecule has 6 nitrogen and oxygen atoms in total. The van der Waals surface area contributed by atoms with E-state index >= 15 is 0 Å². The van der Waals surface area contributed by atoms with Gasteiger partial charge in [-0.05, 0) is 128 Å². The van der Waals surface area contributed by atoms with Crippen LogP contribution in [0.1, 0.15) is 239 Å². The van der Waals surface area contributed by atoms with Crippen LogP contribution in [0.5, 0.6) is 0 Å². The molecular formula is C69H108O6. The molecule has 0 spiro atoms. The van der Waals surface area contributed by atoms with Crippen LogP contribution in [-0.2, 0) is 28.6 Å². The second-order valence-electron chi connectivity index (χ2n) is 19.1. The third-order valence-corrected chi connectivity index (χ3v) is 12.0. The van der Waals surface area contributed by atoms with Gasteiger partial charge in [0.25, 0.3) is 0 Å². The Labute approximate surface area is 460 Å². The maximum atomic E-state index is 12.8. The Morgan fingerprint density at radius 1 is 0.267 bits per heavy atom. The summed E-state index contributed by atoms with van der Waals surface area (Å²) < 4.78 is 16.8. The summed E-state index contributed by atoms with van der Waals surface area (Å²) in [5.41, 5.74) is 0. The van der Waals surface area contributed by atoms with Crippen molar-refractivity contribution >= 4 is 17.9 Å². The van der Waals surface area contributed by atoms with Crippen molar-refractivity contribution in [2.24, 2.45) is 0 Å². The highest BCUT2D eigenvalue weighted by Gasteiger charge is 2.19. The molecule has 0 aliphatic heterocycles. The first kappa shape index (κ1) is 70.0. The number of rotatable bonds is 52. The highest BCUT2D eigenvalue weighted by molar-refractivity contribution is 5.71. The van der Waals surface area contributed by atoms with Gasteiger partial charge in [-0.25, -0.2) is 0 Å². The van der Waals surface area contributed by atoms with Crippen molar-refractivity contribution in [1.29, 1.82) is 0 Å². The lowest BCUT2D eigenvalue weighted by atomic mass is 10.1. The molecular weight excluding hydrogens is 925 g/mol. The van der Waals surface area contributed by atoms with E-state index in [0.29, 0.717) is 12.8 Å². The largest absolute Gasteiger partial charge is 0.462 e. The number of ether oxygens (including phenoxy) is 3. The molecule has 0 aliphatic rings. The highest BCUT2D eigenvalue weighted by Crippen LogP contribution is 2.14. The first-order valence-electron chi connectivity index (χ1n) is 30.0. The van der Waals surface area contributed by atoms with Crippen LogP contribution in [0.25, 0.3) is 0 Å². The molecule has 420 valence electrons. The van der Waals surface area contributed by atoms with Crippen molar-refractivity contribution in [1.82, 2.24) is 0 Å². The lowest BCUT2D eigenvalue weighted by molar-refractivity contribution is -0.166. The Bertz CT molecular complexity index is 1710. The number of carbonyl (C=O) groups is 3. The van der Waals surface area contributed by atoms with E-state index < -0.39 is 6.10 Å². The third kappa shape index (κ3) is 59.8. The summed E-state index contributed by atoms with van der Waals surface area (Å²) in [6.07, 6.45) is 89.8. The van der Waals surface area contributed by atoms with Gasteiger partial charge in [0.1, 0.15) is 13.2 Å². The average Bonchev–Trinajstić information content (AvgIpc) is 3.41. The van der Waals surface area contributed by atoms with E-state index in [9.17, 15) is 14.4 Å². The molecule has 0 heterocycles. The second kappa shape index (κ2) is 61.6. The number of hydrogen-bond donors (Lipinski definition) is 0. The van der Waals surface area contributed by atoms with E-state index in [1.54, 1.807) is 0 Å². The molecule has 0 bridgehead atoms. The minimum Gasteiger partial charge on any atom is -0.462 e. The van der Waals surface area contributed by atoms with Gasteiger partial charge in [0.2, 0.25) is 0 Å². The zero-order valence-electron chi connectivity index (χ0n) is 48.0. The summed E-state index contributed by atoms with van der Waals surface area (Å²) in [5.74, 6) is -1.03. The first-order valence-corrected chi connectivity index (χ1v) is 30.0. The topological polar surface area (TPSA) is 78.9 Å². The van der Waals surface area contributed by atoms with Crippen molar-refractivity contribution in [2.75, 3.05) is 13.2 Å². The van der Waals surface area contributed by atoms with E-state index in [-0.39, 0.29) is 44.0 Å². The van der Waals surface area contributed by atoms with Crippen LogP contribution in [0.2, 0.25) is 0 Å². The molecule has 1 unspecified atom stereocenters. The fourth-order valence-corrected chi connectivity index (χ4v) is 7.65. The van der Waals surface area contributed by atoms with Crippen molar-refractivity contribution in [3.05, 3.63) is 158 Å². The Balaban J connectivity index is 4.36. The van der Waals surface area contributed by atoms with Gasteiger partial charge < -0.3 is 14.2 Å². The summed E-state index contributed by atoms with van der Waals surface area (Å²) in [4.78, 5) is 38.1. The standard InChI is InChI=1S/C69H108O6/c1-4-7-10-13-16-19-22-25-27-28-29-30-31-32-33-34-35-36-37-38-39-40-42-44-47-50-53-56-59-62-68(71)74-65-66(64-73-67(70)61-58-55-52-49-46-43-24-21-18-15-12-9-6-3)75-69(72)63-60-57-54-51-48-45-41-26-23-20-17-14-11-8-5-2/h7-12,16-21,25-27,29-30,32-33,35-36,41,43,46,52,55,66H,4-6,13-15,22-24,28,31,34,37-40,42,44-45,47-51,53-54,56-65H2,1-3H3/b10-7-,11-8-,12-9-,19-16-,20-17-,21-18-,27-25-,30-29-,33-32-,36-35-,41-26-,46-43-,55-52-. The van der Waals surface area contributed by atoms with Crippen molar-refractivity contribution in [3.8, 4) is 0 Å². The van der Waals surface area contributed by atoms with Crippen LogP contribution in [0.3, 0.4) is 0 Å². The van der Waals surface area contributed by atoms with Gasteiger partial charge in [-0.15, -0.1) is 0 Å². The van der Waals surface area contributed by atoms with Gasteiger partial charge in [0, 0.05) is 19.3 Å². The number of esters is 3. The maximum absolute atomic E-state index is 12.8. The van der Waals surface area contributed by atoms with E-state index in [2.05, 4.69) is 167 Å². The lowest BCUT2D eigenvalue weighted by Crippen LogP contribution is -2.30. The Kier molecular flexibility index (Phi) is 57.5. The van der Waals surface area contributed by atoms with Crippen LogP contribution in [-0.4, -0.2) is 37.2 Å². The van der Waals surface area contributed by atoms with Crippen LogP contribution in [0.4, 0.5) is 0 Å². The Morgan fingerprint density at radius 3 is 0.827 bits per heavy atom. The molecule has 1 atom stereocenters. The van der Waals surface area contributed by atoms with Crippen molar-refractivity contribution in [2.45, 2.75) is 245 Å². The minimum atomic E-state index is -0.825. The summed E-state index contributed by atoms with van der Waals surface area (Å²) in [6, 6.07) is 0. The highest BCUT2D eigenvalue weighted by atomic mass is 16.6. The number of carbonyl (C=O) groups excluding carboxylic acids is 3. The summed E-state index contributed by atoms with van der Waals surface area (Å²) >= 11 is 0. The van der Waals surface area contributed by atoms with E-state index in [1.807, 2.05) is 12.2 Å². The summed E-state index contributed by atoms with van der Waals surface area (Å²) in [7, 11) is 0. The van der Waals surface area contributed by atoms with Gasteiger partial charge in [-0.1, -0.05) is 249 Å². The van der Waals surface area contributed by atoms with Crippen LogP contribution >= 0.6 is 0 Å². The third-order valence-electron chi connectivity index (χ3n) is 12.0. The zero-order chi connectivity index (χ0) is 54.3. The van der Waals surface area contributed by atoms with Crippen molar-refractivity contribution in [3.63, 3.8) is 0 Å². The van der Waals surface area contributed by atoms with Gasteiger partial charge in [0.05, 0.1) is 0 Å². The van der Waals surface area contributed by atoms with Crippen molar-refractivity contribution < 1.29 is 28.6 Å². The molecule has 0 aromatic heterocycles. The molecule has 0 saturated carbocycles. The van der Waals surface area contributed by atoms with Gasteiger partial charge >= 0.3 is 17.9 Å². The van der Waals surface area contributed by atoms with E-state index in [4.69, 9.17) is 14.2 Å². The first-order chi connectivity index (χ1) is 37.0. The predicted octanol–water partition coefficient (Wildman–Crippen LogP) is 20.5. The summed E-state index contributed by atoms with van der Waals surface area (Å²) in [6.45, 7) is 6.20.